The summed E-state index contributed by atoms with van der Waals surface area (Å²) in [7, 11) is 0. The number of pyridine rings is 1. The Bertz CT molecular complexity index is 669. The van der Waals surface area contributed by atoms with E-state index in [-0.39, 0.29) is 12.5 Å². The number of hydrogen-bond donors (Lipinski definition) is 1. The van der Waals surface area contributed by atoms with Crippen LogP contribution < -0.4 is 5.32 Å². The predicted octanol–water partition coefficient (Wildman–Crippen LogP) is 2.75. The number of benzene rings is 1. The van der Waals surface area contributed by atoms with Gasteiger partial charge in [-0.05, 0) is 36.6 Å². The van der Waals surface area contributed by atoms with Crippen LogP contribution >= 0.6 is 0 Å². The number of carbonyl (C=O) groups excluding carboxylic acids is 2. The van der Waals surface area contributed by atoms with Crippen molar-refractivity contribution in [3.8, 4) is 0 Å². The van der Waals surface area contributed by atoms with Crippen LogP contribution in [0.1, 0.15) is 28.4 Å². The molecule has 1 aromatic heterocycles. The van der Waals surface area contributed by atoms with Gasteiger partial charge in [0, 0.05) is 18.1 Å². The summed E-state index contributed by atoms with van der Waals surface area (Å²) >= 11 is 0. The average molecular weight is 298 g/mol. The highest BCUT2D eigenvalue weighted by molar-refractivity contribution is 5.96. The van der Waals surface area contributed by atoms with Crippen molar-refractivity contribution in [3.63, 3.8) is 0 Å². The van der Waals surface area contributed by atoms with E-state index in [1.54, 1.807) is 0 Å². The summed E-state index contributed by atoms with van der Waals surface area (Å²) in [4.78, 5) is 27.6. The van der Waals surface area contributed by atoms with Gasteiger partial charge in [-0.25, -0.2) is 4.79 Å². The van der Waals surface area contributed by atoms with Gasteiger partial charge in [-0.1, -0.05) is 25.1 Å². The predicted molar refractivity (Wildman–Crippen MR) is 83.7 cm³/mol. The minimum absolute atomic E-state index is 0.321. The Balaban J connectivity index is 1.95. The van der Waals surface area contributed by atoms with Crippen molar-refractivity contribution < 1.29 is 14.3 Å². The molecule has 2 aromatic rings. The smallest absolute Gasteiger partial charge is 0.338 e. The quantitative estimate of drug-likeness (QED) is 0.862. The average Bonchev–Trinajstić information content (AvgIpc) is 2.55. The van der Waals surface area contributed by atoms with Crippen molar-refractivity contribution in [1.82, 2.24) is 4.98 Å². The summed E-state index contributed by atoms with van der Waals surface area (Å²) in [6.07, 6.45) is 3.81. The van der Waals surface area contributed by atoms with Crippen molar-refractivity contribution in [2.45, 2.75) is 20.3 Å². The number of ether oxygens (including phenoxy) is 1. The van der Waals surface area contributed by atoms with E-state index in [0.717, 1.165) is 23.2 Å². The van der Waals surface area contributed by atoms with Gasteiger partial charge in [-0.15, -0.1) is 0 Å². The Labute approximate surface area is 129 Å². The Morgan fingerprint density at radius 2 is 1.91 bits per heavy atom. The Morgan fingerprint density at radius 3 is 2.59 bits per heavy atom. The summed E-state index contributed by atoms with van der Waals surface area (Å²) in [6, 6.07) is 8.92. The number of hydrogen-bond acceptors (Lipinski definition) is 4. The highest BCUT2D eigenvalue weighted by Gasteiger charge is 2.12. The summed E-state index contributed by atoms with van der Waals surface area (Å²) < 4.78 is 5.00. The molecule has 0 atom stereocenters. The third-order valence-corrected chi connectivity index (χ3v) is 3.25. The van der Waals surface area contributed by atoms with E-state index in [1.165, 1.54) is 24.5 Å². The molecular formula is C17H18N2O3. The van der Waals surface area contributed by atoms with Crippen LogP contribution in [0.2, 0.25) is 0 Å². The van der Waals surface area contributed by atoms with Gasteiger partial charge < -0.3 is 10.1 Å². The molecule has 0 spiro atoms. The molecule has 0 radical (unpaired) electrons. The zero-order valence-electron chi connectivity index (χ0n) is 12.6. The molecule has 114 valence electrons. The van der Waals surface area contributed by atoms with Gasteiger partial charge in [0.25, 0.3) is 5.91 Å². The molecule has 0 bridgehead atoms. The number of carbonyl (C=O) groups is 2. The molecule has 1 aromatic carbocycles. The first-order chi connectivity index (χ1) is 10.6. The Morgan fingerprint density at radius 1 is 1.18 bits per heavy atom. The molecule has 1 N–H and O–H groups in total. The number of anilines is 1. The van der Waals surface area contributed by atoms with E-state index < -0.39 is 5.97 Å². The first-order valence-electron chi connectivity index (χ1n) is 7.07. The van der Waals surface area contributed by atoms with Crippen LogP contribution in [0.4, 0.5) is 5.69 Å². The van der Waals surface area contributed by atoms with E-state index in [2.05, 4.69) is 10.3 Å². The summed E-state index contributed by atoms with van der Waals surface area (Å²) in [5.41, 5.74) is 3.19. The summed E-state index contributed by atoms with van der Waals surface area (Å²) in [5, 5.41) is 2.81. The monoisotopic (exact) mass is 298 g/mol. The van der Waals surface area contributed by atoms with Crippen LogP contribution in [0.15, 0.2) is 42.7 Å². The molecule has 5 nitrogen and oxygen atoms in total. The van der Waals surface area contributed by atoms with Crippen LogP contribution in [0, 0.1) is 6.92 Å². The van der Waals surface area contributed by atoms with Crippen molar-refractivity contribution in [2.24, 2.45) is 0 Å². The molecule has 0 aliphatic carbocycles. The molecule has 1 amide bonds. The lowest BCUT2D eigenvalue weighted by molar-refractivity contribution is -0.119. The Kier molecular flexibility index (Phi) is 5.25. The van der Waals surface area contributed by atoms with Gasteiger partial charge in [0.05, 0.1) is 5.56 Å². The standard InChI is InChI=1S/C17H18N2O3/c1-3-13-6-4-5-12(2)16(13)19-15(20)11-22-17(21)14-7-9-18-10-8-14/h4-10H,3,11H2,1-2H3,(H,19,20). The second-order valence-corrected chi connectivity index (χ2v) is 4.82. The van der Waals surface area contributed by atoms with E-state index in [4.69, 9.17) is 4.74 Å². The van der Waals surface area contributed by atoms with Crippen molar-refractivity contribution in [1.29, 1.82) is 0 Å². The highest BCUT2D eigenvalue weighted by atomic mass is 16.5. The second-order valence-electron chi connectivity index (χ2n) is 4.82. The number of rotatable bonds is 5. The number of aryl methyl sites for hydroxylation is 2. The number of aromatic nitrogens is 1. The molecule has 0 saturated carbocycles. The Hall–Kier alpha value is -2.69. The van der Waals surface area contributed by atoms with Crippen molar-refractivity contribution in [3.05, 3.63) is 59.4 Å². The molecule has 0 saturated heterocycles. The van der Waals surface area contributed by atoms with Crippen LogP contribution in [-0.2, 0) is 16.0 Å². The third kappa shape index (κ3) is 3.91. The molecule has 1 heterocycles. The fraction of sp³-hybridized carbons (Fsp3) is 0.235. The van der Waals surface area contributed by atoms with Gasteiger partial charge in [-0.3, -0.25) is 9.78 Å². The van der Waals surface area contributed by atoms with Crippen LogP contribution in [0.3, 0.4) is 0 Å². The molecular weight excluding hydrogens is 280 g/mol. The highest BCUT2D eigenvalue weighted by Crippen LogP contribution is 2.20. The molecule has 22 heavy (non-hydrogen) atoms. The zero-order valence-corrected chi connectivity index (χ0v) is 12.6. The fourth-order valence-corrected chi connectivity index (χ4v) is 2.08. The van der Waals surface area contributed by atoms with Gasteiger partial charge in [0.2, 0.25) is 0 Å². The van der Waals surface area contributed by atoms with Crippen LogP contribution in [0.25, 0.3) is 0 Å². The number of nitrogens with one attached hydrogen (secondary N) is 1. The number of amides is 1. The maximum atomic E-state index is 12.0. The number of para-hydroxylation sites is 1. The van der Waals surface area contributed by atoms with Gasteiger partial charge in [-0.2, -0.15) is 0 Å². The van der Waals surface area contributed by atoms with Crippen molar-refractivity contribution in [2.75, 3.05) is 11.9 Å². The molecule has 5 heteroatoms. The SMILES string of the molecule is CCc1cccc(C)c1NC(=O)COC(=O)c1ccncc1. The molecule has 0 aliphatic rings. The van der Waals surface area contributed by atoms with Crippen molar-refractivity contribution >= 4 is 17.6 Å². The molecule has 0 aliphatic heterocycles. The maximum Gasteiger partial charge on any atom is 0.338 e. The van der Waals surface area contributed by atoms with E-state index in [1.807, 2.05) is 32.0 Å². The minimum Gasteiger partial charge on any atom is -0.452 e. The van der Waals surface area contributed by atoms with Gasteiger partial charge >= 0.3 is 5.97 Å². The minimum atomic E-state index is -0.543. The van der Waals surface area contributed by atoms with E-state index >= 15 is 0 Å². The van der Waals surface area contributed by atoms with E-state index in [0.29, 0.717) is 5.56 Å². The lowest BCUT2D eigenvalue weighted by Crippen LogP contribution is -2.22. The number of nitrogens with zero attached hydrogens (tertiary/aromatic N) is 1. The molecule has 0 fully saturated rings. The second kappa shape index (κ2) is 7.36. The first-order valence-corrected chi connectivity index (χ1v) is 7.07. The zero-order chi connectivity index (χ0) is 15.9. The maximum absolute atomic E-state index is 12.0. The van der Waals surface area contributed by atoms with Crippen LogP contribution in [0.5, 0.6) is 0 Å². The topological polar surface area (TPSA) is 68.3 Å². The van der Waals surface area contributed by atoms with Gasteiger partial charge in [0.15, 0.2) is 6.61 Å². The normalized spacial score (nSPS) is 10.1. The third-order valence-electron chi connectivity index (χ3n) is 3.25. The summed E-state index contributed by atoms with van der Waals surface area (Å²) in [6.45, 7) is 3.63. The molecule has 2 rings (SSSR count). The van der Waals surface area contributed by atoms with Crippen LogP contribution in [-0.4, -0.2) is 23.5 Å². The largest absolute Gasteiger partial charge is 0.452 e. The first kappa shape index (κ1) is 15.7. The van der Waals surface area contributed by atoms with E-state index in [9.17, 15) is 9.59 Å². The number of esters is 1. The lowest BCUT2D eigenvalue weighted by Gasteiger charge is -2.13. The summed E-state index contributed by atoms with van der Waals surface area (Å²) in [5.74, 6) is -0.899. The lowest BCUT2D eigenvalue weighted by atomic mass is 10.1. The fourth-order valence-electron chi connectivity index (χ4n) is 2.08. The van der Waals surface area contributed by atoms with Gasteiger partial charge in [0.1, 0.15) is 0 Å². The molecule has 0 unspecified atom stereocenters.